The largest absolute Gasteiger partial charge is 0.492 e. The molecule has 0 aliphatic carbocycles. The molecule has 2 N–H and O–H groups in total. The second kappa shape index (κ2) is 9.01. The van der Waals surface area contributed by atoms with Crippen LogP contribution in [0.15, 0.2) is 47.4 Å². The maximum absolute atomic E-state index is 12.5. The van der Waals surface area contributed by atoms with E-state index in [-0.39, 0.29) is 10.5 Å². The molecule has 7 heteroatoms. The Hall–Kier alpha value is -2.38. The van der Waals surface area contributed by atoms with Gasteiger partial charge in [-0.05, 0) is 42.8 Å². The van der Waals surface area contributed by atoms with Crippen molar-refractivity contribution in [2.45, 2.75) is 31.7 Å². The molecule has 146 valence electrons. The van der Waals surface area contributed by atoms with E-state index in [2.05, 4.69) is 24.5 Å². The number of amides is 1. The fourth-order valence-corrected chi connectivity index (χ4v) is 3.46. The van der Waals surface area contributed by atoms with Crippen molar-refractivity contribution in [1.29, 1.82) is 0 Å². The molecule has 0 spiro atoms. The summed E-state index contributed by atoms with van der Waals surface area (Å²) in [4.78, 5) is 12.5. The first-order valence-electron chi connectivity index (χ1n) is 8.75. The quantitative estimate of drug-likeness (QED) is 0.677. The van der Waals surface area contributed by atoms with Crippen LogP contribution in [0.25, 0.3) is 0 Å². The van der Waals surface area contributed by atoms with Crippen molar-refractivity contribution >= 4 is 21.4 Å². The van der Waals surface area contributed by atoms with E-state index in [0.29, 0.717) is 18.3 Å². The molecule has 0 aromatic heterocycles. The van der Waals surface area contributed by atoms with Crippen molar-refractivity contribution in [1.82, 2.24) is 5.32 Å². The molecule has 2 aromatic carbocycles. The van der Waals surface area contributed by atoms with Gasteiger partial charge in [-0.25, -0.2) is 8.42 Å². The molecule has 0 heterocycles. The van der Waals surface area contributed by atoms with Crippen LogP contribution in [0.5, 0.6) is 5.75 Å². The minimum absolute atomic E-state index is 0.0110. The van der Waals surface area contributed by atoms with Crippen LogP contribution in [0.2, 0.25) is 0 Å². The molecule has 0 aliphatic rings. The van der Waals surface area contributed by atoms with Crippen molar-refractivity contribution in [2.75, 3.05) is 24.7 Å². The summed E-state index contributed by atoms with van der Waals surface area (Å²) in [6.45, 7) is 7.34. The Labute approximate surface area is 160 Å². The molecular weight excluding hydrogens is 364 g/mol. The second-order valence-electron chi connectivity index (χ2n) is 6.66. The molecule has 0 fully saturated rings. The van der Waals surface area contributed by atoms with Crippen molar-refractivity contribution in [3.8, 4) is 5.75 Å². The number of aryl methyl sites for hydroxylation is 1. The molecule has 0 aliphatic heterocycles. The predicted octanol–water partition coefficient (Wildman–Crippen LogP) is 3.03. The van der Waals surface area contributed by atoms with Crippen LogP contribution < -0.4 is 15.4 Å². The lowest BCUT2D eigenvalue weighted by Crippen LogP contribution is -2.27. The van der Waals surface area contributed by atoms with Crippen molar-refractivity contribution < 1.29 is 17.9 Å². The van der Waals surface area contributed by atoms with Gasteiger partial charge in [0, 0.05) is 24.5 Å². The topological polar surface area (TPSA) is 84.5 Å². The highest BCUT2D eigenvalue weighted by Crippen LogP contribution is 2.23. The molecule has 0 bridgehead atoms. The zero-order valence-electron chi connectivity index (χ0n) is 16.1. The maximum atomic E-state index is 12.5. The average Bonchev–Trinajstić information content (AvgIpc) is 2.59. The number of ether oxygens (including phenoxy) is 1. The van der Waals surface area contributed by atoms with Gasteiger partial charge in [-0.2, -0.15) is 0 Å². The second-order valence-corrected chi connectivity index (χ2v) is 8.64. The van der Waals surface area contributed by atoms with E-state index in [4.69, 9.17) is 4.74 Å². The third-order valence-electron chi connectivity index (χ3n) is 3.88. The summed E-state index contributed by atoms with van der Waals surface area (Å²) in [6.07, 6.45) is 1.09. The standard InChI is InChI=1S/C20H26N2O4S/c1-14(2)21-11-12-26-18-10-9-16(13-15(18)3)22-20(23)17-7-5-6-8-19(17)27(4,24)25/h5-10,13-14,21H,11-12H2,1-4H3,(H,22,23). The number of benzene rings is 2. The average molecular weight is 391 g/mol. The summed E-state index contributed by atoms with van der Waals surface area (Å²) in [5.41, 5.74) is 1.58. The van der Waals surface area contributed by atoms with Crippen LogP contribution in [-0.2, 0) is 9.84 Å². The smallest absolute Gasteiger partial charge is 0.256 e. The van der Waals surface area contributed by atoms with E-state index in [9.17, 15) is 13.2 Å². The molecule has 0 saturated heterocycles. The molecule has 2 aromatic rings. The Morgan fingerprint density at radius 2 is 1.85 bits per heavy atom. The highest BCUT2D eigenvalue weighted by molar-refractivity contribution is 7.90. The van der Waals surface area contributed by atoms with Crippen molar-refractivity contribution in [3.05, 3.63) is 53.6 Å². The number of rotatable bonds is 8. The monoisotopic (exact) mass is 390 g/mol. The van der Waals surface area contributed by atoms with Gasteiger partial charge in [-0.1, -0.05) is 26.0 Å². The number of nitrogens with one attached hydrogen (secondary N) is 2. The lowest BCUT2D eigenvalue weighted by atomic mass is 10.1. The number of sulfone groups is 1. The zero-order valence-corrected chi connectivity index (χ0v) is 16.9. The molecule has 0 atom stereocenters. The summed E-state index contributed by atoms with van der Waals surface area (Å²) in [6, 6.07) is 11.9. The fraction of sp³-hybridized carbons (Fsp3) is 0.350. The SMILES string of the molecule is Cc1cc(NC(=O)c2ccccc2S(C)(=O)=O)ccc1OCCNC(C)C. The van der Waals surface area contributed by atoms with Gasteiger partial charge in [-0.15, -0.1) is 0 Å². The van der Waals surface area contributed by atoms with Crippen LogP contribution in [0.3, 0.4) is 0 Å². The van der Waals surface area contributed by atoms with Gasteiger partial charge in [0.2, 0.25) is 0 Å². The van der Waals surface area contributed by atoms with Crippen molar-refractivity contribution in [3.63, 3.8) is 0 Å². The number of hydrogen-bond donors (Lipinski definition) is 2. The first kappa shape index (κ1) is 20.9. The fourth-order valence-electron chi connectivity index (χ4n) is 2.57. The van der Waals surface area contributed by atoms with E-state index in [1.54, 1.807) is 30.3 Å². The molecule has 6 nitrogen and oxygen atoms in total. The van der Waals surface area contributed by atoms with Crippen molar-refractivity contribution in [2.24, 2.45) is 0 Å². The molecule has 2 rings (SSSR count). The highest BCUT2D eigenvalue weighted by atomic mass is 32.2. The molecule has 0 saturated carbocycles. The van der Waals surface area contributed by atoms with Gasteiger partial charge >= 0.3 is 0 Å². The zero-order chi connectivity index (χ0) is 20.0. The van der Waals surface area contributed by atoms with Gasteiger partial charge in [0.25, 0.3) is 5.91 Å². The van der Waals surface area contributed by atoms with E-state index in [1.807, 2.05) is 6.92 Å². The molecule has 0 radical (unpaired) electrons. The molecule has 0 unspecified atom stereocenters. The Kier molecular flexibility index (Phi) is 6.98. The number of hydrogen-bond acceptors (Lipinski definition) is 5. The van der Waals surface area contributed by atoms with E-state index in [0.717, 1.165) is 24.1 Å². The molecule has 27 heavy (non-hydrogen) atoms. The predicted molar refractivity (Wildman–Crippen MR) is 107 cm³/mol. The van der Waals surface area contributed by atoms with Gasteiger partial charge in [0.15, 0.2) is 9.84 Å². The van der Waals surface area contributed by atoms with E-state index < -0.39 is 15.7 Å². The van der Waals surface area contributed by atoms with Gasteiger partial charge < -0.3 is 15.4 Å². The summed E-state index contributed by atoms with van der Waals surface area (Å²) < 4.78 is 29.5. The van der Waals surface area contributed by atoms with Crippen LogP contribution in [0.1, 0.15) is 29.8 Å². The van der Waals surface area contributed by atoms with E-state index in [1.165, 1.54) is 12.1 Å². The Morgan fingerprint density at radius 1 is 1.15 bits per heavy atom. The third-order valence-corrected chi connectivity index (χ3v) is 5.03. The van der Waals surface area contributed by atoms with Crippen LogP contribution in [0.4, 0.5) is 5.69 Å². The summed E-state index contributed by atoms with van der Waals surface area (Å²) >= 11 is 0. The summed E-state index contributed by atoms with van der Waals surface area (Å²) in [7, 11) is -3.49. The van der Waals surface area contributed by atoms with Gasteiger partial charge in [0.1, 0.15) is 12.4 Å². The summed E-state index contributed by atoms with van der Waals surface area (Å²) in [5, 5.41) is 6.03. The van der Waals surface area contributed by atoms with Crippen LogP contribution in [0, 0.1) is 6.92 Å². The maximum Gasteiger partial charge on any atom is 0.256 e. The van der Waals surface area contributed by atoms with Crippen LogP contribution in [-0.4, -0.2) is 39.8 Å². The number of carbonyl (C=O) groups excluding carboxylic acids is 1. The Balaban J connectivity index is 2.08. The molecule has 1 amide bonds. The summed E-state index contributed by atoms with van der Waals surface area (Å²) in [5.74, 6) is 0.278. The van der Waals surface area contributed by atoms with Gasteiger partial charge in [-0.3, -0.25) is 4.79 Å². The number of anilines is 1. The normalized spacial score (nSPS) is 11.4. The molecular formula is C20H26N2O4S. The van der Waals surface area contributed by atoms with Crippen LogP contribution >= 0.6 is 0 Å². The lowest BCUT2D eigenvalue weighted by Gasteiger charge is -2.13. The lowest BCUT2D eigenvalue weighted by molar-refractivity contribution is 0.102. The third kappa shape index (κ3) is 6.08. The minimum atomic E-state index is -3.49. The highest BCUT2D eigenvalue weighted by Gasteiger charge is 2.18. The first-order valence-corrected chi connectivity index (χ1v) is 10.6. The van der Waals surface area contributed by atoms with E-state index >= 15 is 0 Å². The Morgan fingerprint density at radius 3 is 2.48 bits per heavy atom. The first-order chi connectivity index (χ1) is 12.7. The van der Waals surface area contributed by atoms with Gasteiger partial charge in [0.05, 0.1) is 10.5 Å². The number of carbonyl (C=O) groups is 1. The minimum Gasteiger partial charge on any atom is -0.492 e. The Bertz CT molecular complexity index is 908.